The van der Waals surface area contributed by atoms with Crippen LogP contribution < -0.4 is 5.32 Å². The highest BCUT2D eigenvalue weighted by molar-refractivity contribution is 7.98. The van der Waals surface area contributed by atoms with Crippen LogP contribution in [0.2, 0.25) is 0 Å². The van der Waals surface area contributed by atoms with E-state index >= 15 is 0 Å². The summed E-state index contributed by atoms with van der Waals surface area (Å²) in [6.07, 6.45) is 5.38. The molecular formula is C17H27N3OS. The van der Waals surface area contributed by atoms with Gasteiger partial charge in [-0.15, -0.1) is 11.8 Å². The van der Waals surface area contributed by atoms with Crippen LogP contribution in [0.1, 0.15) is 24.8 Å². The standard InChI is InChI=1S/C17H27N3OS/c1-19(2)15-7-5-10-20(11-9-15)17(21)18-13-14-6-4-8-16(12-14)22-3/h4,6,8,12,15H,5,7,9-11,13H2,1-3H3,(H,18,21)/t15-/m0/s1. The van der Waals surface area contributed by atoms with Gasteiger partial charge in [-0.25, -0.2) is 4.79 Å². The van der Waals surface area contributed by atoms with Gasteiger partial charge in [0.25, 0.3) is 0 Å². The van der Waals surface area contributed by atoms with E-state index in [0.29, 0.717) is 12.6 Å². The van der Waals surface area contributed by atoms with Crippen molar-refractivity contribution in [2.45, 2.75) is 36.7 Å². The summed E-state index contributed by atoms with van der Waals surface area (Å²) in [6, 6.07) is 8.98. The lowest BCUT2D eigenvalue weighted by Gasteiger charge is -2.23. The Kier molecular flexibility index (Phi) is 6.58. The van der Waals surface area contributed by atoms with E-state index in [1.54, 1.807) is 11.8 Å². The molecule has 1 aliphatic rings. The summed E-state index contributed by atoms with van der Waals surface area (Å²) in [6.45, 7) is 2.31. The number of amides is 2. The number of carbonyl (C=O) groups excluding carboxylic acids is 1. The number of hydrogen-bond acceptors (Lipinski definition) is 3. The maximum atomic E-state index is 12.4. The second kappa shape index (κ2) is 8.44. The number of urea groups is 1. The Labute approximate surface area is 138 Å². The summed E-state index contributed by atoms with van der Waals surface area (Å²) in [5.74, 6) is 0. The summed E-state index contributed by atoms with van der Waals surface area (Å²) in [7, 11) is 4.25. The topological polar surface area (TPSA) is 35.6 Å². The number of carbonyl (C=O) groups is 1. The van der Waals surface area contributed by atoms with E-state index in [-0.39, 0.29) is 6.03 Å². The number of benzene rings is 1. The summed E-state index contributed by atoms with van der Waals surface area (Å²) in [4.78, 5) is 17.8. The number of rotatable bonds is 4. The zero-order chi connectivity index (χ0) is 15.9. The molecule has 1 saturated heterocycles. The van der Waals surface area contributed by atoms with Crippen molar-refractivity contribution in [2.75, 3.05) is 33.4 Å². The van der Waals surface area contributed by atoms with Gasteiger partial charge < -0.3 is 15.1 Å². The molecule has 4 nitrogen and oxygen atoms in total. The van der Waals surface area contributed by atoms with Gasteiger partial charge >= 0.3 is 6.03 Å². The van der Waals surface area contributed by atoms with Crippen LogP contribution in [0.15, 0.2) is 29.2 Å². The van der Waals surface area contributed by atoms with E-state index < -0.39 is 0 Å². The van der Waals surface area contributed by atoms with E-state index in [0.717, 1.165) is 31.5 Å². The molecule has 1 aliphatic heterocycles. The van der Waals surface area contributed by atoms with Crippen molar-refractivity contribution < 1.29 is 4.79 Å². The molecule has 1 atom stereocenters. The maximum absolute atomic E-state index is 12.4. The summed E-state index contributed by atoms with van der Waals surface area (Å²) < 4.78 is 0. The first kappa shape index (κ1) is 17.2. The van der Waals surface area contributed by atoms with Crippen LogP contribution in [0.3, 0.4) is 0 Å². The predicted molar refractivity (Wildman–Crippen MR) is 93.4 cm³/mol. The molecular weight excluding hydrogens is 294 g/mol. The van der Waals surface area contributed by atoms with Crippen LogP contribution in [0.4, 0.5) is 4.79 Å². The summed E-state index contributed by atoms with van der Waals surface area (Å²) in [5, 5.41) is 3.06. The van der Waals surface area contributed by atoms with Crippen LogP contribution in [0.25, 0.3) is 0 Å². The number of thioether (sulfide) groups is 1. The minimum atomic E-state index is 0.0639. The molecule has 0 aliphatic carbocycles. The highest BCUT2D eigenvalue weighted by atomic mass is 32.2. The van der Waals surface area contributed by atoms with E-state index in [1.165, 1.54) is 11.3 Å². The summed E-state index contributed by atoms with van der Waals surface area (Å²) >= 11 is 1.72. The lowest BCUT2D eigenvalue weighted by molar-refractivity contribution is 0.197. The van der Waals surface area contributed by atoms with E-state index in [4.69, 9.17) is 0 Å². The van der Waals surface area contributed by atoms with E-state index in [1.807, 2.05) is 11.0 Å². The van der Waals surface area contributed by atoms with Gasteiger partial charge in [0.05, 0.1) is 0 Å². The first-order valence-corrected chi connectivity index (χ1v) is 9.14. The average molecular weight is 321 g/mol. The Hall–Kier alpha value is -1.20. The van der Waals surface area contributed by atoms with Gasteiger partial charge in [0.2, 0.25) is 0 Å². The molecule has 1 heterocycles. The average Bonchev–Trinajstić information content (AvgIpc) is 2.79. The fourth-order valence-corrected chi connectivity index (χ4v) is 3.35. The van der Waals surface area contributed by atoms with Crippen LogP contribution in [0.5, 0.6) is 0 Å². The fourth-order valence-electron chi connectivity index (χ4n) is 2.87. The minimum Gasteiger partial charge on any atom is -0.334 e. The van der Waals surface area contributed by atoms with Gasteiger partial charge in [0.1, 0.15) is 0 Å². The van der Waals surface area contributed by atoms with E-state index in [2.05, 4.69) is 48.8 Å². The van der Waals surface area contributed by atoms with Crippen LogP contribution in [-0.2, 0) is 6.54 Å². The van der Waals surface area contributed by atoms with Crippen LogP contribution >= 0.6 is 11.8 Å². The highest BCUT2D eigenvalue weighted by Crippen LogP contribution is 2.17. The monoisotopic (exact) mass is 321 g/mol. The third-order valence-electron chi connectivity index (χ3n) is 4.29. The van der Waals surface area contributed by atoms with Gasteiger partial charge in [-0.1, -0.05) is 12.1 Å². The molecule has 5 heteroatoms. The molecule has 0 aromatic heterocycles. The number of nitrogens with zero attached hydrogens (tertiary/aromatic N) is 2. The Morgan fingerprint density at radius 1 is 1.36 bits per heavy atom. The molecule has 1 fully saturated rings. The second-order valence-electron chi connectivity index (χ2n) is 6.05. The van der Waals surface area contributed by atoms with Crippen molar-refractivity contribution in [3.05, 3.63) is 29.8 Å². The molecule has 0 saturated carbocycles. The third kappa shape index (κ3) is 4.92. The Balaban J connectivity index is 1.84. The Morgan fingerprint density at radius 2 is 2.18 bits per heavy atom. The molecule has 122 valence electrons. The van der Waals surface area contributed by atoms with E-state index in [9.17, 15) is 4.79 Å². The normalized spacial score (nSPS) is 19.1. The Morgan fingerprint density at radius 3 is 2.91 bits per heavy atom. The zero-order valence-electron chi connectivity index (χ0n) is 13.8. The lowest BCUT2D eigenvalue weighted by Crippen LogP contribution is -2.40. The number of likely N-dealkylation sites (tertiary alicyclic amines) is 1. The minimum absolute atomic E-state index is 0.0639. The van der Waals surface area contributed by atoms with Gasteiger partial charge in [0, 0.05) is 30.6 Å². The molecule has 0 unspecified atom stereocenters. The number of nitrogens with one attached hydrogen (secondary N) is 1. The molecule has 1 aromatic carbocycles. The smallest absolute Gasteiger partial charge is 0.317 e. The number of hydrogen-bond donors (Lipinski definition) is 1. The van der Waals surface area contributed by atoms with Crippen molar-refractivity contribution in [3.63, 3.8) is 0 Å². The SMILES string of the molecule is CSc1cccc(CNC(=O)N2CCC[C@H](N(C)C)CC2)c1. The van der Waals surface area contributed by atoms with Gasteiger partial charge in [-0.2, -0.15) is 0 Å². The van der Waals surface area contributed by atoms with Crippen molar-refractivity contribution in [3.8, 4) is 0 Å². The largest absolute Gasteiger partial charge is 0.334 e. The molecule has 0 spiro atoms. The molecule has 2 rings (SSSR count). The predicted octanol–water partition coefficient (Wildman–Crippen LogP) is 3.03. The van der Waals surface area contributed by atoms with Crippen LogP contribution in [0, 0.1) is 0 Å². The fraction of sp³-hybridized carbons (Fsp3) is 0.588. The van der Waals surface area contributed by atoms with Crippen molar-refractivity contribution in [1.82, 2.24) is 15.1 Å². The van der Waals surface area contributed by atoms with Gasteiger partial charge in [-0.05, 0) is 57.3 Å². The van der Waals surface area contributed by atoms with Crippen molar-refractivity contribution in [2.24, 2.45) is 0 Å². The molecule has 2 amide bonds. The third-order valence-corrected chi connectivity index (χ3v) is 5.02. The molecule has 0 bridgehead atoms. The molecule has 0 radical (unpaired) electrons. The maximum Gasteiger partial charge on any atom is 0.317 e. The molecule has 1 N–H and O–H groups in total. The first-order chi connectivity index (χ1) is 10.6. The highest BCUT2D eigenvalue weighted by Gasteiger charge is 2.21. The molecule has 22 heavy (non-hydrogen) atoms. The molecule has 1 aromatic rings. The van der Waals surface area contributed by atoms with Gasteiger partial charge in [-0.3, -0.25) is 0 Å². The summed E-state index contributed by atoms with van der Waals surface area (Å²) in [5.41, 5.74) is 1.15. The Bertz CT molecular complexity index is 493. The van der Waals surface area contributed by atoms with Crippen LogP contribution in [-0.4, -0.2) is 55.3 Å². The zero-order valence-corrected chi connectivity index (χ0v) is 14.7. The van der Waals surface area contributed by atoms with Gasteiger partial charge in [0.15, 0.2) is 0 Å². The first-order valence-electron chi connectivity index (χ1n) is 7.92. The quantitative estimate of drug-likeness (QED) is 0.866. The van der Waals surface area contributed by atoms with Crippen molar-refractivity contribution >= 4 is 17.8 Å². The lowest BCUT2D eigenvalue weighted by atomic mass is 10.1. The second-order valence-corrected chi connectivity index (χ2v) is 6.93. The van der Waals surface area contributed by atoms with Crippen molar-refractivity contribution in [1.29, 1.82) is 0 Å².